The number of piperidine rings is 2. The molecule has 5 aliphatic rings. The van der Waals surface area contributed by atoms with Crippen molar-refractivity contribution in [2.24, 2.45) is 11.8 Å². The van der Waals surface area contributed by atoms with E-state index in [2.05, 4.69) is 20.0 Å². The third-order valence-corrected chi connectivity index (χ3v) is 9.51. The molecule has 1 N–H and O–H groups in total. The second-order valence-electron chi connectivity index (χ2n) is 14.0. The third kappa shape index (κ3) is 6.46. The second-order valence-corrected chi connectivity index (χ2v) is 14.0. The Morgan fingerprint density at radius 1 is 0.841 bits per heavy atom. The summed E-state index contributed by atoms with van der Waals surface area (Å²) in [6.07, 6.45) is 2.18. The maximum atomic E-state index is 13.2. The lowest BCUT2D eigenvalue weighted by atomic mass is 9.95. The van der Waals surface area contributed by atoms with Gasteiger partial charge in [-0.15, -0.1) is 0 Å². The number of likely N-dealkylation sites (tertiary alicyclic amines) is 1. The summed E-state index contributed by atoms with van der Waals surface area (Å²) >= 11 is 0. The lowest BCUT2D eigenvalue weighted by molar-refractivity contribution is -0.136. The Labute approximate surface area is 258 Å². The standard InChI is InChI=1S/C32H44N6O6/c1-32(2,3)44-31(43)37-19-22(20-37)18-35-14-12-34(13-15-35)17-21-8-10-36(11-9-21)23-4-5-24-25(16-23)30(42)38(29(24)41)26-6-7-27(39)33-28(26)40/h4-5,16,21-22,26H,6-15,17-20H2,1-3H3,(H,33,39,40). The Morgan fingerprint density at radius 2 is 1.45 bits per heavy atom. The first-order valence-corrected chi connectivity index (χ1v) is 16.0. The zero-order valence-electron chi connectivity index (χ0n) is 26.0. The Kier molecular flexibility index (Phi) is 8.40. The molecule has 5 amide bonds. The van der Waals surface area contributed by atoms with E-state index in [4.69, 9.17) is 4.74 Å². The molecule has 0 radical (unpaired) electrons. The van der Waals surface area contributed by atoms with Gasteiger partial charge in [0.05, 0.1) is 11.1 Å². The maximum Gasteiger partial charge on any atom is 0.410 e. The van der Waals surface area contributed by atoms with Crippen molar-refractivity contribution in [3.05, 3.63) is 29.3 Å². The minimum atomic E-state index is -0.950. The molecule has 1 aromatic rings. The molecule has 4 saturated heterocycles. The number of amides is 5. The van der Waals surface area contributed by atoms with Crippen molar-refractivity contribution in [2.75, 3.05) is 70.3 Å². The molecule has 5 aliphatic heterocycles. The van der Waals surface area contributed by atoms with Gasteiger partial charge in [0.15, 0.2) is 0 Å². The lowest BCUT2D eigenvalue weighted by Gasteiger charge is -2.44. The number of carbonyl (C=O) groups is 5. The van der Waals surface area contributed by atoms with Crippen molar-refractivity contribution in [1.82, 2.24) is 24.9 Å². The van der Waals surface area contributed by atoms with Gasteiger partial charge in [-0.2, -0.15) is 0 Å². The molecule has 1 unspecified atom stereocenters. The summed E-state index contributed by atoms with van der Waals surface area (Å²) in [6, 6.07) is 4.43. The molecule has 1 atom stereocenters. The third-order valence-electron chi connectivity index (χ3n) is 9.51. The van der Waals surface area contributed by atoms with Crippen molar-refractivity contribution in [3.8, 4) is 0 Å². The zero-order valence-corrected chi connectivity index (χ0v) is 26.0. The van der Waals surface area contributed by atoms with Gasteiger partial charge < -0.3 is 24.3 Å². The van der Waals surface area contributed by atoms with E-state index in [-0.39, 0.29) is 24.8 Å². The predicted molar refractivity (Wildman–Crippen MR) is 162 cm³/mol. The molecule has 0 saturated carbocycles. The molecule has 12 nitrogen and oxygen atoms in total. The van der Waals surface area contributed by atoms with E-state index < -0.39 is 29.4 Å². The number of rotatable bonds is 6. The fourth-order valence-corrected chi connectivity index (χ4v) is 7.08. The van der Waals surface area contributed by atoms with E-state index >= 15 is 0 Å². The second kappa shape index (κ2) is 12.1. The molecular formula is C32H44N6O6. The number of imide groups is 2. The van der Waals surface area contributed by atoms with Crippen LogP contribution < -0.4 is 10.2 Å². The van der Waals surface area contributed by atoms with Crippen molar-refractivity contribution in [3.63, 3.8) is 0 Å². The number of nitrogens with one attached hydrogen (secondary N) is 1. The van der Waals surface area contributed by atoms with Crippen LogP contribution >= 0.6 is 0 Å². The Hall–Kier alpha value is -3.51. The average molecular weight is 609 g/mol. The Balaban J connectivity index is 0.932. The first-order valence-electron chi connectivity index (χ1n) is 16.0. The minimum Gasteiger partial charge on any atom is -0.444 e. The molecule has 44 heavy (non-hydrogen) atoms. The van der Waals surface area contributed by atoms with E-state index in [9.17, 15) is 24.0 Å². The number of anilines is 1. The van der Waals surface area contributed by atoms with E-state index in [0.717, 1.165) is 88.9 Å². The smallest absolute Gasteiger partial charge is 0.410 e. The zero-order chi connectivity index (χ0) is 31.2. The predicted octanol–water partition coefficient (Wildman–Crippen LogP) is 1.79. The van der Waals surface area contributed by atoms with Gasteiger partial charge in [-0.25, -0.2) is 4.79 Å². The molecule has 238 valence electrons. The number of hydrogen-bond donors (Lipinski definition) is 1. The van der Waals surface area contributed by atoms with Crippen LogP contribution in [0.1, 0.15) is 67.2 Å². The quantitative estimate of drug-likeness (QED) is 0.482. The van der Waals surface area contributed by atoms with Gasteiger partial charge in [0.2, 0.25) is 11.8 Å². The molecule has 4 fully saturated rings. The molecule has 12 heteroatoms. The summed E-state index contributed by atoms with van der Waals surface area (Å²) in [5.41, 5.74) is 1.11. The molecule has 1 aromatic carbocycles. The first-order chi connectivity index (χ1) is 20.9. The Morgan fingerprint density at radius 3 is 2.07 bits per heavy atom. The number of hydrogen-bond acceptors (Lipinski definition) is 9. The van der Waals surface area contributed by atoms with Gasteiger partial charge >= 0.3 is 6.09 Å². The summed E-state index contributed by atoms with van der Waals surface area (Å²) in [5.74, 6) is -0.772. The molecular weight excluding hydrogens is 564 g/mol. The number of fused-ring (bicyclic) bond motifs is 1. The lowest BCUT2D eigenvalue weighted by Crippen LogP contribution is -2.57. The maximum absolute atomic E-state index is 13.2. The van der Waals surface area contributed by atoms with Crippen LogP contribution in [0.4, 0.5) is 10.5 Å². The highest BCUT2D eigenvalue weighted by atomic mass is 16.6. The van der Waals surface area contributed by atoms with Crippen LogP contribution in [-0.4, -0.2) is 126 Å². The van der Waals surface area contributed by atoms with Crippen molar-refractivity contribution in [2.45, 2.75) is 58.1 Å². The van der Waals surface area contributed by atoms with Crippen molar-refractivity contribution in [1.29, 1.82) is 0 Å². The topological polar surface area (TPSA) is 123 Å². The van der Waals surface area contributed by atoms with Crippen LogP contribution in [0.5, 0.6) is 0 Å². The highest BCUT2D eigenvalue weighted by Crippen LogP contribution is 2.32. The monoisotopic (exact) mass is 608 g/mol. The average Bonchev–Trinajstić information content (AvgIpc) is 3.19. The Bertz CT molecular complexity index is 1320. The summed E-state index contributed by atoms with van der Waals surface area (Å²) in [6.45, 7) is 15.4. The molecule has 0 bridgehead atoms. The highest BCUT2D eigenvalue weighted by Gasteiger charge is 2.45. The normalized spacial score (nSPS) is 24.4. The molecule has 6 rings (SSSR count). The van der Waals surface area contributed by atoms with Gasteiger partial charge in [0.1, 0.15) is 11.6 Å². The van der Waals surface area contributed by atoms with Crippen molar-refractivity contribution >= 4 is 35.4 Å². The minimum absolute atomic E-state index is 0.108. The highest BCUT2D eigenvalue weighted by molar-refractivity contribution is 6.23. The van der Waals surface area contributed by atoms with Crippen LogP contribution in [0.15, 0.2) is 18.2 Å². The fourth-order valence-electron chi connectivity index (χ4n) is 7.08. The van der Waals surface area contributed by atoms with Crippen LogP contribution in [0, 0.1) is 11.8 Å². The van der Waals surface area contributed by atoms with Gasteiger partial charge in [-0.05, 0) is 64.2 Å². The summed E-state index contributed by atoms with van der Waals surface area (Å²) < 4.78 is 5.47. The SMILES string of the molecule is CC(C)(C)OC(=O)N1CC(CN2CCN(CC3CCN(c4ccc5c(c4)C(=O)N(C4CCC(=O)NC4=O)C5=O)CC3)CC2)C1. The number of benzene rings is 1. The van der Waals surface area contributed by atoms with Gasteiger partial charge in [0.25, 0.3) is 11.8 Å². The van der Waals surface area contributed by atoms with Crippen LogP contribution in [0.2, 0.25) is 0 Å². The number of ether oxygens (including phenoxy) is 1. The van der Waals surface area contributed by atoms with Crippen LogP contribution in [0.3, 0.4) is 0 Å². The first kappa shape index (κ1) is 30.5. The van der Waals surface area contributed by atoms with Crippen LogP contribution in [0.25, 0.3) is 0 Å². The van der Waals surface area contributed by atoms with Crippen molar-refractivity contribution < 1.29 is 28.7 Å². The van der Waals surface area contributed by atoms with Crippen LogP contribution in [-0.2, 0) is 14.3 Å². The number of carbonyl (C=O) groups excluding carboxylic acids is 5. The fraction of sp³-hybridized carbons (Fsp3) is 0.656. The van der Waals surface area contributed by atoms with Gasteiger partial charge in [-0.1, -0.05) is 0 Å². The number of nitrogens with zero attached hydrogens (tertiary/aromatic N) is 5. The summed E-state index contributed by atoms with van der Waals surface area (Å²) in [7, 11) is 0. The summed E-state index contributed by atoms with van der Waals surface area (Å²) in [4.78, 5) is 72.5. The number of piperazine rings is 1. The molecule has 5 heterocycles. The summed E-state index contributed by atoms with van der Waals surface area (Å²) in [5, 5.41) is 2.24. The van der Waals surface area contributed by atoms with E-state index in [1.165, 1.54) is 0 Å². The van der Waals surface area contributed by atoms with E-state index in [1.807, 2.05) is 26.8 Å². The molecule has 0 aliphatic carbocycles. The largest absolute Gasteiger partial charge is 0.444 e. The van der Waals surface area contributed by atoms with Gasteiger partial charge in [0, 0.05) is 83.5 Å². The van der Waals surface area contributed by atoms with E-state index in [0.29, 0.717) is 23.0 Å². The van der Waals surface area contributed by atoms with Gasteiger partial charge in [-0.3, -0.25) is 29.4 Å². The van der Waals surface area contributed by atoms with E-state index in [1.54, 1.807) is 17.0 Å². The molecule has 0 spiro atoms. The molecule has 0 aromatic heterocycles.